The molecule has 1 aliphatic heterocycles. The molecule has 1 heterocycles. The molecule has 1 atom stereocenters. The Morgan fingerprint density at radius 2 is 2.15 bits per heavy atom. The number of hydrogen-bond donors (Lipinski definition) is 1. The zero-order chi connectivity index (χ0) is 14.9. The van der Waals surface area contributed by atoms with E-state index in [2.05, 4.69) is 5.32 Å². The second kappa shape index (κ2) is 5.47. The fraction of sp³-hybridized carbons (Fsp3) is 0.500. The van der Waals surface area contributed by atoms with E-state index in [9.17, 15) is 18.5 Å². The molecule has 1 unspecified atom stereocenters. The van der Waals surface area contributed by atoms with E-state index >= 15 is 0 Å². The summed E-state index contributed by atoms with van der Waals surface area (Å²) < 4.78 is 26.5. The normalized spacial score (nSPS) is 20.8. The first-order valence-corrected chi connectivity index (χ1v) is 7.75. The molecule has 2 rings (SSSR count). The first kappa shape index (κ1) is 14.9. The van der Waals surface area contributed by atoms with Crippen LogP contribution < -0.4 is 5.32 Å². The van der Waals surface area contributed by atoms with Gasteiger partial charge in [0.15, 0.2) is 0 Å². The first-order valence-electron chi connectivity index (χ1n) is 6.31. The summed E-state index contributed by atoms with van der Waals surface area (Å²) in [6, 6.07) is 3.86. The van der Waals surface area contributed by atoms with Crippen molar-refractivity contribution in [2.75, 3.05) is 19.6 Å². The number of aryl methyl sites for hydroxylation is 1. The largest absolute Gasteiger partial charge is 0.314 e. The molecule has 0 amide bonds. The van der Waals surface area contributed by atoms with Crippen LogP contribution >= 0.6 is 0 Å². The van der Waals surface area contributed by atoms with Gasteiger partial charge in [-0.05, 0) is 19.9 Å². The average Bonchev–Trinajstić information content (AvgIpc) is 2.38. The fourth-order valence-electron chi connectivity index (χ4n) is 2.26. The quantitative estimate of drug-likeness (QED) is 0.661. The van der Waals surface area contributed by atoms with Gasteiger partial charge in [0, 0.05) is 37.3 Å². The minimum Gasteiger partial charge on any atom is -0.314 e. The van der Waals surface area contributed by atoms with Crippen LogP contribution in [0.25, 0.3) is 0 Å². The molecule has 0 spiro atoms. The maximum atomic E-state index is 12.6. The van der Waals surface area contributed by atoms with Gasteiger partial charge in [-0.15, -0.1) is 0 Å². The lowest BCUT2D eigenvalue weighted by Crippen LogP contribution is -2.52. The molecule has 0 radical (unpaired) electrons. The van der Waals surface area contributed by atoms with Gasteiger partial charge in [-0.25, -0.2) is 8.42 Å². The molecular formula is C12H17N3O4S. The van der Waals surface area contributed by atoms with Crippen molar-refractivity contribution in [3.05, 3.63) is 33.9 Å². The Bertz CT molecular complexity index is 630. The monoisotopic (exact) mass is 299 g/mol. The smallest absolute Gasteiger partial charge is 0.273 e. The van der Waals surface area contributed by atoms with Crippen LogP contribution in [-0.4, -0.2) is 43.3 Å². The van der Waals surface area contributed by atoms with E-state index in [0.29, 0.717) is 25.2 Å². The Kier molecular flexibility index (Phi) is 4.07. The lowest BCUT2D eigenvalue weighted by atomic mass is 10.2. The van der Waals surface area contributed by atoms with Crippen LogP contribution in [0.5, 0.6) is 0 Å². The van der Waals surface area contributed by atoms with Gasteiger partial charge in [0.2, 0.25) is 10.0 Å². The number of sulfonamides is 1. The van der Waals surface area contributed by atoms with Crippen molar-refractivity contribution in [1.29, 1.82) is 0 Å². The lowest BCUT2D eigenvalue weighted by Gasteiger charge is -2.32. The van der Waals surface area contributed by atoms with Gasteiger partial charge in [0.25, 0.3) is 5.69 Å². The van der Waals surface area contributed by atoms with Crippen molar-refractivity contribution in [2.45, 2.75) is 24.8 Å². The molecule has 1 N–H and O–H groups in total. The van der Waals surface area contributed by atoms with E-state index in [0.717, 1.165) is 6.07 Å². The molecule has 8 heteroatoms. The Hall–Kier alpha value is -1.51. The highest BCUT2D eigenvalue weighted by atomic mass is 32.2. The van der Waals surface area contributed by atoms with Gasteiger partial charge in [-0.1, -0.05) is 6.07 Å². The minimum absolute atomic E-state index is 0.0245. The molecule has 0 saturated carbocycles. The highest BCUT2D eigenvalue weighted by Crippen LogP contribution is 2.25. The number of piperazine rings is 1. The Morgan fingerprint density at radius 3 is 2.75 bits per heavy atom. The SMILES string of the molecule is Cc1ccc(S(=O)(=O)N2CCNCC2C)cc1[N+](=O)[O-]. The van der Waals surface area contributed by atoms with Crippen LogP contribution in [0.2, 0.25) is 0 Å². The molecule has 0 bridgehead atoms. The number of nitrogens with one attached hydrogen (secondary N) is 1. The molecule has 1 saturated heterocycles. The Balaban J connectivity index is 2.44. The molecule has 1 aromatic rings. The van der Waals surface area contributed by atoms with Gasteiger partial charge in [-0.3, -0.25) is 10.1 Å². The van der Waals surface area contributed by atoms with E-state index in [1.54, 1.807) is 6.92 Å². The second-order valence-corrected chi connectivity index (χ2v) is 6.76. The summed E-state index contributed by atoms with van der Waals surface area (Å²) in [5.41, 5.74) is 0.274. The van der Waals surface area contributed by atoms with Gasteiger partial charge in [0.05, 0.1) is 9.82 Å². The number of rotatable bonds is 3. The zero-order valence-corrected chi connectivity index (χ0v) is 12.2. The van der Waals surface area contributed by atoms with Crippen LogP contribution in [-0.2, 0) is 10.0 Å². The topological polar surface area (TPSA) is 92.6 Å². The van der Waals surface area contributed by atoms with Gasteiger partial charge >= 0.3 is 0 Å². The second-order valence-electron chi connectivity index (χ2n) is 4.87. The average molecular weight is 299 g/mol. The molecule has 7 nitrogen and oxygen atoms in total. The minimum atomic E-state index is -3.70. The summed E-state index contributed by atoms with van der Waals surface area (Å²) in [6.07, 6.45) is 0. The molecule has 0 aliphatic carbocycles. The Labute approximate surface area is 117 Å². The third-order valence-corrected chi connectivity index (χ3v) is 5.43. The standard InChI is InChI=1S/C12H17N3O4S/c1-9-3-4-11(7-12(9)15(16)17)20(18,19)14-6-5-13-8-10(14)2/h3-4,7,10,13H,5-6,8H2,1-2H3. The summed E-state index contributed by atoms with van der Waals surface area (Å²) in [6.45, 7) is 4.92. The predicted octanol–water partition coefficient (Wildman–Crippen LogP) is 0.886. The fourth-order valence-corrected chi connectivity index (χ4v) is 3.91. The van der Waals surface area contributed by atoms with E-state index < -0.39 is 14.9 Å². The number of nitro groups is 1. The molecule has 1 aromatic carbocycles. The van der Waals surface area contributed by atoms with Crippen molar-refractivity contribution in [3.63, 3.8) is 0 Å². The van der Waals surface area contributed by atoms with Crippen LogP contribution in [0.1, 0.15) is 12.5 Å². The summed E-state index contributed by atoms with van der Waals surface area (Å²) in [4.78, 5) is 10.3. The predicted molar refractivity (Wildman–Crippen MR) is 74.1 cm³/mol. The van der Waals surface area contributed by atoms with Crippen molar-refractivity contribution in [3.8, 4) is 0 Å². The summed E-state index contributed by atoms with van der Waals surface area (Å²) in [7, 11) is -3.70. The van der Waals surface area contributed by atoms with Crippen molar-refractivity contribution in [2.24, 2.45) is 0 Å². The highest BCUT2D eigenvalue weighted by Gasteiger charge is 2.32. The number of benzene rings is 1. The van der Waals surface area contributed by atoms with Crippen LogP contribution in [0.15, 0.2) is 23.1 Å². The first-order chi connectivity index (χ1) is 9.34. The maximum Gasteiger partial charge on any atom is 0.273 e. The maximum absolute atomic E-state index is 12.6. The van der Waals surface area contributed by atoms with Gasteiger partial charge < -0.3 is 5.32 Å². The molecule has 1 fully saturated rings. The summed E-state index contributed by atoms with van der Waals surface area (Å²) in [5.74, 6) is 0. The lowest BCUT2D eigenvalue weighted by molar-refractivity contribution is -0.385. The Morgan fingerprint density at radius 1 is 1.45 bits per heavy atom. The van der Waals surface area contributed by atoms with E-state index in [1.165, 1.54) is 16.4 Å². The summed E-state index contributed by atoms with van der Waals surface area (Å²) >= 11 is 0. The van der Waals surface area contributed by atoms with Crippen LogP contribution in [0, 0.1) is 17.0 Å². The number of nitro benzene ring substituents is 1. The number of hydrogen-bond acceptors (Lipinski definition) is 5. The molecule has 110 valence electrons. The molecule has 0 aromatic heterocycles. The number of nitrogens with zero attached hydrogens (tertiary/aromatic N) is 2. The summed E-state index contributed by atoms with van der Waals surface area (Å²) in [5, 5.41) is 14.0. The van der Waals surface area contributed by atoms with E-state index in [1.807, 2.05) is 6.92 Å². The molecular weight excluding hydrogens is 282 g/mol. The third kappa shape index (κ3) is 2.67. The van der Waals surface area contributed by atoms with Gasteiger partial charge in [-0.2, -0.15) is 4.31 Å². The van der Waals surface area contributed by atoms with Crippen molar-refractivity contribution >= 4 is 15.7 Å². The van der Waals surface area contributed by atoms with E-state index in [4.69, 9.17) is 0 Å². The zero-order valence-electron chi connectivity index (χ0n) is 11.4. The third-order valence-electron chi connectivity index (χ3n) is 3.42. The highest BCUT2D eigenvalue weighted by molar-refractivity contribution is 7.89. The molecule has 1 aliphatic rings. The van der Waals surface area contributed by atoms with Crippen molar-refractivity contribution in [1.82, 2.24) is 9.62 Å². The van der Waals surface area contributed by atoms with Crippen molar-refractivity contribution < 1.29 is 13.3 Å². The van der Waals surface area contributed by atoms with E-state index in [-0.39, 0.29) is 16.6 Å². The van der Waals surface area contributed by atoms with Gasteiger partial charge in [0.1, 0.15) is 0 Å². The molecule has 20 heavy (non-hydrogen) atoms. The van der Waals surface area contributed by atoms with Crippen LogP contribution in [0.4, 0.5) is 5.69 Å². The van der Waals surface area contributed by atoms with Crippen LogP contribution in [0.3, 0.4) is 0 Å².